The largest absolute Gasteiger partial charge is 0.507 e. The summed E-state index contributed by atoms with van der Waals surface area (Å²) < 4.78 is 0. The fourth-order valence-corrected chi connectivity index (χ4v) is 5.04. The molecule has 26 heavy (non-hydrogen) atoms. The highest BCUT2D eigenvalue weighted by atomic mass is 35.5. The molecule has 0 fully saturated rings. The average molecular weight is 432 g/mol. The van der Waals surface area contributed by atoms with Crippen molar-refractivity contribution in [1.82, 2.24) is 0 Å². The van der Waals surface area contributed by atoms with Crippen molar-refractivity contribution in [2.75, 3.05) is 0 Å². The van der Waals surface area contributed by atoms with E-state index >= 15 is 0 Å². The van der Waals surface area contributed by atoms with E-state index in [1.54, 1.807) is 31.2 Å². The first-order chi connectivity index (χ1) is 12.1. The lowest BCUT2D eigenvalue weighted by atomic mass is 9.62. The molecule has 1 aromatic carbocycles. The molecule has 3 rings (SSSR count). The minimum absolute atomic E-state index is 0.0204. The predicted octanol–water partition coefficient (Wildman–Crippen LogP) is 5.10. The summed E-state index contributed by atoms with van der Waals surface area (Å²) in [5, 5.41) is 9.71. The highest BCUT2D eigenvalue weighted by molar-refractivity contribution is 6.66. The Hall–Kier alpha value is -1.26. The molecule has 0 bridgehead atoms. The van der Waals surface area contributed by atoms with Crippen molar-refractivity contribution in [3.8, 4) is 5.75 Å². The Morgan fingerprint density at radius 1 is 1.19 bits per heavy atom. The Kier molecular flexibility index (Phi) is 4.81. The summed E-state index contributed by atoms with van der Waals surface area (Å²) in [5.74, 6) is -2.43. The van der Waals surface area contributed by atoms with E-state index in [0.29, 0.717) is 16.7 Å². The summed E-state index contributed by atoms with van der Waals surface area (Å²) in [6.07, 6.45) is 3.19. The van der Waals surface area contributed by atoms with E-state index in [1.165, 1.54) is 6.08 Å². The molecule has 7 heteroatoms. The lowest BCUT2D eigenvalue weighted by Gasteiger charge is -2.50. The Balaban J connectivity index is 2.38. The SMILES string of the molecule is C=CC1=CCC2(Cl)C(=O)C(Cl)=C(Cl)C(=O)C2(Cl)C1c1cccc(C)c1O. The number of phenols is 1. The van der Waals surface area contributed by atoms with E-state index < -0.39 is 37.3 Å². The van der Waals surface area contributed by atoms with Gasteiger partial charge >= 0.3 is 0 Å². The molecular formula is C19H14Cl4O3. The molecule has 3 atom stereocenters. The van der Waals surface area contributed by atoms with Crippen molar-refractivity contribution < 1.29 is 14.7 Å². The van der Waals surface area contributed by atoms with Gasteiger partial charge in [-0.25, -0.2) is 0 Å². The first-order valence-corrected chi connectivity index (χ1v) is 9.26. The fraction of sp³-hybridized carbons (Fsp3) is 0.263. The van der Waals surface area contributed by atoms with E-state index in [4.69, 9.17) is 46.4 Å². The zero-order valence-electron chi connectivity index (χ0n) is 13.7. The highest BCUT2D eigenvalue weighted by Gasteiger charge is 2.68. The van der Waals surface area contributed by atoms with Crippen molar-refractivity contribution in [3.63, 3.8) is 0 Å². The van der Waals surface area contributed by atoms with E-state index in [-0.39, 0.29) is 12.2 Å². The Morgan fingerprint density at radius 3 is 2.42 bits per heavy atom. The Labute approximate surface area is 170 Å². The number of aryl methyl sites for hydroxylation is 1. The molecule has 0 spiro atoms. The number of aromatic hydroxyl groups is 1. The van der Waals surface area contributed by atoms with Crippen LogP contribution in [0.2, 0.25) is 0 Å². The molecule has 2 aliphatic rings. The van der Waals surface area contributed by atoms with Gasteiger partial charge in [0.2, 0.25) is 0 Å². The van der Waals surface area contributed by atoms with E-state index in [0.717, 1.165) is 0 Å². The van der Waals surface area contributed by atoms with Crippen LogP contribution in [0.15, 0.2) is 52.6 Å². The summed E-state index contributed by atoms with van der Waals surface area (Å²) >= 11 is 25.5. The number of ketones is 2. The van der Waals surface area contributed by atoms with Gasteiger partial charge in [-0.05, 0) is 24.5 Å². The third kappa shape index (κ3) is 2.34. The number of carbonyl (C=O) groups excluding carboxylic acids is 2. The van der Waals surface area contributed by atoms with E-state index in [1.807, 2.05) is 0 Å². The topological polar surface area (TPSA) is 54.4 Å². The molecule has 1 aromatic rings. The quantitative estimate of drug-likeness (QED) is 0.663. The molecule has 0 amide bonds. The van der Waals surface area contributed by atoms with Crippen LogP contribution >= 0.6 is 46.4 Å². The van der Waals surface area contributed by atoms with E-state index in [2.05, 4.69) is 6.58 Å². The van der Waals surface area contributed by atoms with Gasteiger partial charge in [-0.3, -0.25) is 9.59 Å². The summed E-state index contributed by atoms with van der Waals surface area (Å²) in [4.78, 5) is 22.1. The van der Waals surface area contributed by atoms with Gasteiger partial charge in [0.1, 0.15) is 25.6 Å². The van der Waals surface area contributed by atoms with Crippen molar-refractivity contribution in [2.24, 2.45) is 0 Å². The van der Waals surface area contributed by atoms with Gasteiger partial charge in [0, 0.05) is 11.5 Å². The van der Waals surface area contributed by atoms with Crippen LogP contribution in [0.5, 0.6) is 5.75 Å². The zero-order chi connectivity index (χ0) is 19.4. The van der Waals surface area contributed by atoms with Crippen LogP contribution in [-0.4, -0.2) is 26.4 Å². The summed E-state index contributed by atoms with van der Waals surface area (Å²) in [6, 6.07) is 5.06. The standard InChI is InChI=1S/C19H14Cl4O3/c1-3-10-7-8-18(22)16(25)13(20)14(21)17(26)19(18,23)12(10)11-6-4-5-9(2)15(11)24/h3-7,12,24H,1,8H2,2H3. The highest BCUT2D eigenvalue weighted by Crippen LogP contribution is 2.60. The number of phenolic OH excluding ortho intramolecular Hbond substituents is 1. The Bertz CT molecular complexity index is 917. The maximum atomic E-state index is 13.1. The molecule has 0 aliphatic heterocycles. The molecule has 3 nitrogen and oxygen atoms in total. The number of Topliss-reactive ketones (excluding diaryl/α,β-unsaturated/α-hetero) is 2. The van der Waals surface area contributed by atoms with Crippen LogP contribution in [0, 0.1) is 6.92 Å². The predicted molar refractivity (Wildman–Crippen MR) is 104 cm³/mol. The monoisotopic (exact) mass is 430 g/mol. The summed E-state index contributed by atoms with van der Waals surface area (Å²) in [7, 11) is 0. The first kappa shape index (κ1) is 19.5. The molecule has 0 heterocycles. The number of halogens is 4. The van der Waals surface area contributed by atoms with E-state index in [9.17, 15) is 14.7 Å². The molecular weight excluding hydrogens is 418 g/mol. The molecule has 3 unspecified atom stereocenters. The number of alkyl halides is 2. The van der Waals surface area contributed by atoms with Crippen molar-refractivity contribution in [2.45, 2.75) is 29.0 Å². The molecule has 0 saturated carbocycles. The molecule has 0 radical (unpaired) electrons. The molecule has 1 N–H and O–H groups in total. The molecule has 2 aliphatic carbocycles. The van der Waals surface area contributed by atoms with Gasteiger partial charge < -0.3 is 5.11 Å². The lowest BCUT2D eigenvalue weighted by molar-refractivity contribution is -0.127. The van der Waals surface area contributed by atoms with Crippen LogP contribution in [0.1, 0.15) is 23.5 Å². The number of para-hydroxylation sites is 1. The van der Waals surface area contributed by atoms with Crippen molar-refractivity contribution in [3.05, 3.63) is 63.7 Å². The fourth-order valence-electron chi connectivity index (χ4n) is 3.59. The van der Waals surface area contributed by atoms with Crippen molar-refractivity contribution >= 4 is 58.0 Å². The number of hydrogen-bond acceptors (Lipinski definition) is 3. The van der Waals surface area contributed by atoms with Crippen LogP contribution in [0.25, 0.3) is 0 Å². The molecule has 0 aromatic heterocycles. The van der Waals surface area contributed by atoms with Crippen LogP contribution < -0.4 is 0 Å². The smallest absolute Gasteiger partial charge is 0.199 e. The number of hydrogen-bond donors (Lipinski definition) is 1. The normalized spacial score (nSPS) is 31.6. The maximum Gasteiger partial charge on any atom is 0.199 e. The third-order valence-electron chi connectivity index (χ3n) is 5.02. The van der Waals surface area contributed by atoms with Gasteiger partial charge in [0.25, 0.3) is 0 Å². The number of allylic oxidation sites excluding steroid dienone is 5. The minimum Gasteiger partial charge on any atom is -0.507 e. The van der Waals surface area contributed by atoms with Gasteiger partial charge in [-0.2, -0.15) is 0 Å². The first-order valence-electron chi connectivity index (χ1n) is 7.75. The zero-order valence-corrected chi connectivity index (χ0v) is 16.7. The third-order valence-corrected chi connectivity index (χ3v) is 7.28. The Morgan fingerprint density at radius 2 is 1.81 bits per heavy atom. The second-order valence-corrected chi connectivity index (χ2v) is 8.35. The van der Waals surface area contributed by atoms with Crippen LogP contribution in [-0.2, 0) is 9.59 Å². The number of fused-ring (bicyclic) bond motifs is 1. The molecule has 0 saturated heterocycles. The lowest BCUT2D eigenvalue weighted by Crippen LogP contribution is -2.64. The van der Waals surface area contributed by atoms with Gasteiger partial charge in [-0.1, -0.05) is 60.1 Å². The van der Waals surface area contributed by atoms with Gasteiger partial charge in [-0.15, -0.1) is 23.2 Å². The number of benzene rings is 1. The van der Waals surface area contributed by atoms with Gasteiger partial charge in [0.05, 0.1) is 0 Å². The number of carbonyl (C=O) groups is 2. The summed E-state index contributed by atoms with van der Waals surface area (Å²) in [5.41, 5.74) is 1.52. The second-order valence-electron chi connectivity index (χ2n) is 6.36. The average Bonchev–Trinajstić information content (AvgIpc) is 2.63. The van der Waals surface area contributed by atoms with Crippen LogP contribution in [0.3, 0.4) is 0 Å². The van der Waals surface area contributed by atoms with Crippen LogP contribution in [0.4, 0.5) is 0 Å². The van der Waals surface area contributed by atoms with Crippen molar-refractivity contribution in [1.29, 1.82) is 0 Å². The summed E-state index contributed by atoms with van der Waals surface area (Å²) in [6.45, 7) is 5.48. The molecule has 136 valence electrons. The minimum atomic E-state index is -1.95. The number of rotatable bonds is 2. The second kappa shape index (κ2) is 6.42. The maximum absolute atomic E-state index is 13.1. The van der Waals surface area contributed by atoms with Gasteiger partial charge in [0.15, 0.2) is 11.6 Å².